The maximum atomic E-state index is 10.7. The number of nitriles is 2. The van der Waals surface area contributed by atoms with Gasteiger partial charge >= 0.3 is 0 Å². The molecule has 0 aliphatic carbocycles. The minimum absolute atomic E-state index is 0.0332. The number of carbonyl (C=O) groups excluding carboxylic acids is 1. The van der Waals surface area contributed by atoms with Crippen LogP contribution in [0, 0.1) is 32.8 Å². The lowest BCUT2D eigenvalue weighted by atomic mass is 10.0. The van der Waals surface area contributed by atoms with Crippen LogP contribution in [-0.2, 0) is 6.42 Å². The first-order chi connectivity index (χ1) is 7.63. The highest BCUT2D eigenvalue weighted by atomic mass is 16.6. The minimum atomic E-state index is -0.680. The van der Waals surface area contributed by atoms with E-state index in [2.05, 4.69) is 0 Å². The molecule has 0 atom stereocenters. The molecule has 0 N–H and O–H groups in total. The number of aldehydes is 1. The summed E-state index contributed by atoms with van der Waals surface area (Å²) < 4.78 is 0. The first-order valence-electron chi connectivity index (χ1n) is 4.17. The third-order valence-electron chi connectivity index (χ3n) is 1.96. The van der Waals surface area contributed by atoms with E-state index in [0.29, 0.717) is 6.29 Å². The number of benzene rings is 1. The van der Waals surface area contributed by atoms with Gasteiger partial charge in [0.2, 0.25) is 0 Å². The second-order valence-electron chi connectivity index (χ2n) is 2.89. The molecule has 0 saturated carbocycles. The molecule has 1 aromatic carbocycles. The van der Waals surface area contributed by atoms with Crippen molar-refractivity contribution in [2.24, 2.45) is 0 Å². The van der Waals surface area contributed by atoms with E-state index in [1.807, 2.05) is 0 Å². The van der Waals surface area contributed by atoms with Crippen LogP contribution < -0.4 is 0 Å². The molecule has 0 bridgehead atoms. The van der Waals surface area contributed by atoms with Crippen LogP contribution >= 0.6 is 0 Å². The molecule has 0 unspecified atom stereocenters. The van der Waals surface area contributed by atoms with Gasteiger partial charge in [0.05, 0.1) is 29.0 Å². The van der Waals surface area contributed by atoms with Gasteiger partial charge in [-0.2, -0.15) is 10.5 Å². The molecule has 0 aliphatic rings. The van der Waals surface area contributed by atoms with Gasteiger partial charge in [0.1, 0.15) is 0 Å². The zero-order valence-corrected chi connectivity index (χ0v) is 8.01. The molecular formula is C10H5N3O3. The summed E-state index contributed by atoms with van der Waals surface area (Å²) >= 11 is 0. The number of nitro groups is 1. The van der Waals surface area contributed by atoms with E-state index in [1.165, 1.54) is 6.07 Å². The van der Waals surface area contributed by atoms with E-state index in [1.54, 1.807) is 12.1 Å². The van der Waals surface area contributed by atoms with E-state index in [4.69, 9.17) is 10.5 Å². The van der Waals surface area contributed by atoms with Crippen LogP contribution in [0.1, 0.15) is 21.5 Å². The Labute approximate surface area is 90.5 Å². The summed E-state index contributed by atoms with van der Waals surface area (Å²) in [7, 11) is 0. The van der Waals surface area contributed by atoms with Gasteiger partial charge < -0.3 is 0 Å². The van der Waals surface area contributed by atoms with Crippen molar-refractivity contribution in [1.82, 2.24) is 0 Å². The van der Waals surface area contributed by atoms with Gasteiger partial charge in [0, 0.05) is 17.2 Å². The van der Waals surface area contributed by atoms with Crippen LogP contribution in [0.4, 0.5) is 5.69 Å². The molecule has 0 saturated heterocycles. The van der Waals surface area contributed by atoms with Crippen molar-refractivity contribution in [3.63, 3.8) is 0 Å². The molecule has 1 aromatic rings. The summed E-state index contributed by atoms with van der Waals surface area (Å²) in [5.74, 6) is 0. The van der Waals surface area contributed by atoms with Crippen molar-refractivity contribution >= 4 is 12.0 Å². The normalized spacial score (nSPS) is 8.88. The van der Waals surface area contributed by atoms with Gasteiger partial charge in [-0.3, -0.25) is 14.9 Å². The Morgan fingerprint density at radius 2 is 2.12 bits per heavy atom. The van der Waals surface area contributed by atoms with Crippen molar-refractivity contribution in [2.75, 3.05) is 0 Å². The van der Waals surface area contributed by atoms with Crippen LogP contribution in [0.2, 0.25) is 0 Å². The van der Waals surface area contributed by atoms with Crippen molar-refractivity contribution in [1.29, 1.82) is 10.5 Å². The van der Waals surface area contributed by atoms with Crippen molar-refractivity contribution in [3.8, 4) is 12.1 Å². The third kappa shape index (κ3) is 2.02. The van der Waals surface area contributed by atoms with E-state index < -0.39 is 4.92 Å². The van der Waals surface area contributed by atoms with Gasteiger partial charge in [-0.05, 0) is 6.07 Å². The lowest BCUT2D eigenvalue weighted by Gasteiger charge is -2.01. The average Bonchev–Trinajstić information content (AvgIpc) is 2.28. The van der Waals surface area contributed by atoms with Crippen LogP contribution in [0.15, 0.2) is 12.1 Å². The molecule has 6 heteroatoms. The van der Waals surface area contributed by atoms with Gasteiger partial charge in [-0.15, -0.1) is 0 Å². The predicted molar refractivity (Wildman–Crippen MR) is 52.5 cm³/mol. The van der Waals surface area contributed by atoms with Crippen LogP contribution in [0.25, 0.3) is 0 Å². The van der Waals surface area contributed by atoms with Gasteiger partial charge in [0.15, 0.2) is 6.29 Å². The monoisotopic (exact) mass is 215 g/mol. The molecule has 1 rings (SSSR count). The fourth-order valence-corrected chi connectivity index (χ4v) is 1.24. The average molecular weight is 215 g/mol. The molecule has 0 aliphatic heterocycles. The smallest absolute Gasteiger partial charge is 0.274 e. The second-order valence-corrected chi connectivity index (χ2v) is 2.89. The Morgan fingerprint density at radius 1 is 1.44 bits per heavy atom. The van der Waals surface area contributed by atoms with Gasteiger partial charge in [-0.1, -0.05) is 0 Å². The number of nitro benzene ring substituents is 1. The zero-order chi connectivity index (χ0) is 12.1. The highest BCUT2D eigenvalue weighted by molar-refractivity contribution is 5.81. The summed E-state index contributed by atoms with van der Waals surface area (Å²) in [5.41, 5.74) is -0.195. The zero-order valence-electron chi connectivity index (χ0n) is 8.01. The fourth-order valence-electron chi connectivity index (χ4n) is 1.24. The Balaban J connectivity index is 3.50. The predicted octanol–water partition coefficient (Wildman–Crippen LogP) is 1.35. The van der Waals surface area contributed by atoms with E-state index in [0.717, 1.165) is 6.07 Å². The highest BCUT2D eigenvalue weighted by Crippen LogP contribution is 2.23. The molecule has 0 spiro atoms. The molecule has 0 fully saturated rings. The largest absolute Gasteiger partial charge is 0.298 e. The molecular weight excluding hydrogens is 210 g/mol. The summed E-state index contributed by atoms with van der Waals surface area (Å²) in [4.78, 5) is 20.6. The summed E-state index contributed by atoms with van der Waals surface area (Å²) in [6.07, 6.45) is 0.200. The Hall–Kier alpha value is -2.73. The maximum absolute atomic E-state index is 10.7. The number of rotatable bonds is 3. The number of nitrogens with zero attached hydrogens (tertiary/aromatic N) is 3. The van der Waals surface area contributed by atoms with E-state index in [-0.39, 0.29) is 28.8 Å². The van der Waals surface area contributed by atoms with Crippen LogP contribution in [-0.4, -0.2) is 11.2 Å². The third-order valence-corrected chi connectivity index (χ3v) is 1.96. The lowest BCUT2D eigenvalue weighted by molar-refractivity contribution is -0.385. The molecule has 0 amide bonds. The first kappa shape index (κ1) is 11.3. The van der Waals surface area contributed by atoms with E-state index in [9.17, 15) is 14.9 Å². The standard InChI is InChI=1S/C10H5N3O3/c11-2-1-7-3-8(5-12)9(6-14)4-10(7)13(15)16/h3-4,6H,1H2. The highest BCUT2D eigenvalue weighted by Gasteiger charge is 2.17. The van der Waals surface area contributed by atoms with Crippen molar-refractivity contribution < 1.29 is 9.72 Å². The number of carbonyl (C=O) groups is 1. The van der Waals surface area contributed by atoms with Gasteiger partial charge in [0.25, 0.3) is 5.69 Å². The van der Waals surface area contributed by atoms with Crippen LogP contribution in [0.3, 0.4) is 0 Å². The minimum Gasteiger partial charge on any atom is -0.298 e. The van der Waals surface area contributed by atoms with Crippen molar-refractivity contribution in [2.45, 2.75) is 6.42 Å². The Bertz CT molecular complexity index is 537. The first-order valence-corrected chi connectivity index (χ1v) is 4.17. The number of hydrogen-bond donors (Lipinski definition) is 0. The molecule has 0 radical (unpaired) electrons. The van der Waals surface area contributed by atoms with E-state index >= 15 is 0 Å². The maximum Gasteiger partial charge on any atom is 0.274 e. The molecule has 0 heterocycles. The topological polar surface area (TPSA) is 108 Å². The Morgan fingerprint density at radius 3 is 2.56 bits per heavy atom. The number of hydrogen-bond acceptors (Lipinski definition) is 5. The molecule has 0 aromatic heterocycles. The fraction of sp³-hybridized carbons (Fsp3) is 0.100. The quantitative estimate of drug-likeness (QED) is 0.429. The Kier molecular flexibility index (Phi) is 3.31. The second kappa shape index (κ2) is 4.67. The SMILES string of the molecule is N#CCc1cc(C#N)c(C=O)cc1[N+](=O)[O-]. The van der Waals surface area contributed by atoms with Crippen molar-refractivity contribution in [3.05, 3.63) is 38.9 Å². The summed E-state index contributed by atoms with van der Waals surface area (Å²) in [5, 5.41) is 27.9. The van der Waals surface area contributed by atoms with Crippen LogP contribution in [0.5, 0.6) is 0 Å². The molecule has 16 heavy (non-hydrogen) atoms. The summed E-state index contributed by atoms with van der Waals surface area (Å²) in [6.45, 7) is 0. The van der Waals surface area contributed by atoms with Gasteiger partial charge in [-0.25, -0.2) is 0 Å². The molecule has 78 valence electrons. The molecule has 6 nitrogen and oxygen atoms in total. The lowest BCUT2D eigenvalue weighted by Crippen LogP contribution is -1.99. The summed E-state index contributed by atoms with van der Waals surface area (Å²) in [6, 6.07) is 5.73.